The van der Waals surface area contributed by atoms with Gasteiger partial charge in [-0.3, -0.25) is 9.59 Å². The highest BCUT2D eigenvalue weighted by atomic mass is 16.5. The van der Waals surface area contributed by atoms with Crippen molar-refractivity contribution in [2.75, 3.05) is 13.7 Å². The molecule has 5 nitrogen and oxygen atoms in total. The van der Waals surface area contributed by atoms with Crippen LogP contribution >= 0.6 is 0 Å². The summed E-state index contributed by atoms with van der Waals surface area (Å²) in [6.45, 7) is 4.55. The van der Waals surface area contributed by atoms with Crippen LogP contribution in [0.2, 0.25) is 0 Å². The van der Waals surface area contributed by atoms with Crippen LogP contribution in [0.5, 0.6) is 5.75 Å². The number of carbonyl (C=O) groups excluding carboxylic acids is 1. The molecule has 0 aliphatic heterocycles. The molecule has 146 valence electrons. The van der Waals surface area contributed by atoms with E-state index in [9.17, 15) is 9.59 Å². The topological polar surface area (TPSA) is 71.2 Å². The van der Waals surface area contributed by atoms with E-state index in [0.717, 1.165) is 33.3 Å². The zero-order valence-electron chi connectivity index (χ0n) is 16.6. The molecule has 0 radical (unpaired) electrons. The summed E-state index contributed by atoms with van der Waals surface area (Å²) in [5.41, 5.74) is 4.63. The Morgan fingerprint density at radius 3 is 2.64 bits per heavy atom. The molecule has 5 heteroatoms. The van der Waals surface area contributed by atoms with Crippen LogP contribution in [0.1, 0.15) is 28.7 Å². The fraction of sp³-hybridized carbons (Fsp3) is 0.304. The molecule has 0 spiro atoms. The Hall–Kier alpha value is -3.08. The Labute approximate surface area is 164 Å². The fourth-order valence-corrected chi connectivity index (χ4v) is 3.50. The van der Waals surface area contributed by atoms with Crippen molar-refractivity contribution in [3.63, 3.8) is 0 Å². The van der Waals surface area contributed by atoms with Crippen LogP contribution in [-0.4, -0.2) is 24.5 Å². The molecule has 0 atom stereocenters. The lowest BCUT2D eigenvalue weighted by Gasteiger charge is -2.09. The van der Waals surface area contributed by atoms with Gasteiger partial charge in [0.15, 0.2) is 0 Å². The van der Waals surface area contributed by atoms with E-state index < -0.39 is 0 Å². The number of rotatable bonds is 7. The second-order valence-electron chi connectivity index (χ2n) is 7.08. The number of aryl methyl sites for hydroxylation is 3. The van der Waals surface area contributed by atoms with Crippen LogP contribution in [0.15, 0.2) is 47.3 Å². The number of ether oxygens (including phenoxy) is 1. The van der Waals surface area contributed by atoms with E-state index in [0.29, 0.717) is 24.9 Å². The van der Waals surface area contributed by atoms with Crippen LogP contribution in [-0.2, 0) is 17.6 Å². The number of methoxy groups -OCH3 is 1. The van der Waals surface area contributed by atoms with Crippen LogP contribution in [0, 0.1) is 13.8 Å². The monoisotopic (exact) mass is 378 g/mol. The third kappa shape index (κ3) is 4.60. The van der Waals surface area contributed by atoms with Crippen LogP contribution in [0.4, 0.5) is 0 Å². The summed E-state index contributed by atoms with van der Waals surface area (Å²) in [6, 6.07) is 13.8. The first-order chi connectivity index (χ1) is 13.5. The summed E-state index contributed by atoms with van der Waals surface area (Å²) in [4.78, 5) is 27.5. The highest BCUT2D eigenvalue weighted by Gasteiger charge is 2.09. The van der Waals surface area contributed by atoms with E-state index in [-0.39, 0.29) is 17.9 Å². The van der Waals surface area contributed by atoms with Crippen molar-refractivity contribution in [1.82, 2.24) is 10.3 Å². The molecule has 1 heterocycles. The second-order valence-corrected chi connectivity index (χ2v) is 7.08. The number of hydrogen-bond donors (Lipinski definition) is 2. The van der Waals surface area contributed by atoms with Gasteiger partial charge >= 0.3 is 0 Å². The fourth-order valence-electron chi connectivity index (χ4n) is 3.50. The lowest BCUT2D eigenvalue weighted by molar-refractivity contribution is -0.121. The van der Waals surface area contributed by atoms with Crippen LogP contribution < -0.4 is 15.6 Å². The Morgan fingerprint density at radius 2 is 1.86 bits per heavy atom. The molecule has 28 heavy (non-hydrogen) atoms. The van der Waals surface area contributed by atoms with E-state index >= 15 is 0 Å². The number of para-hydroxylation sites is 1. The van der Waals surface area contributed by atoms with Crippen molar-refractivity contribution in [3.8, 4) is 5.75 Å². The molecule has 3 aromatic rings. The van der Waals surface area contributed by atoms with E-state index in [1.54, 1.807) is 7.11 Å². The van der Waals surface area contributed by atoms with Crippen molar-refractivity contribution < 1.29 is 9.53 Å². The maximum absolute atomic E-state index is 12.4. The first kappa shape index (κ1) is 19.7. The molecule has 0 bridgehead atoms. The van der Waals surface area contributed by atoms with Crippen molar-refractivity contribution in [1.29, 1.82) is 0 Å². The third-order valence-corrected chi connectivity index (χ3v) is 4.90. The Morgan fingerprint density at radius 1 is 1.07 bits per heavy atom. The quantitative estimate of drug-likeness (QED) is 0.662. The third-order valence-electron chi connectivity index (χ3n) is 4.90. The molecular formula is C23H26N2O3. The number of hydrogen-bond acceptors (Lipinski definition) is 3. The minimum Gasteiger partial charge on any atom is -0.496 e. The van der Waals surface area contributed by atoms with Gasteiger partial charge in [0.05, 0.1) is 12.6 Å². The molecule has 3 rings (SSSR count). The molecule has 0 fully saturated rings. The minimum absolute atomic E-state index is 0.0604. The predicted molar refractivity (Wildman–Crippen MR) is 112 cm³/mol. The van der Waals surface area contributed by atoms with Gasteiger partial charge in [0.2, 0.25) is 5.91 Å². The molecular weight excluding hydrogens is 352 g/mol. The summed E-state index contributed by atoms with van der Waals surface area (Å²) in [6.07, 6.45) is 1.40. The van der Waals surface area contributed by atoms with E-state index in [1.165, 1.54) is 0 Å². The second kappa shape index (κ2) is 8.74. The number of H-pyrrole nitrogens is 1. The lowest BCUT2D eigenvalue weighted by atomic mass is 10.0. The maximum atomic E-state index is 12.4. The molecule has 0 unspecified atom stereocenters. The average Bonchev–Trinajstić information content (AvgIpc) is 2.67. The lowest BCUT2D eigenvalue weighted by Crippen LogP contribution is -2.26. The number of aromatic amines is 1. The van der Waals surface area contributed by atoms with Gasteiger partial charge in [-0.15, -0.1) is 0 Å². The Balaban J connectivity index is 1.58. The first-order valence-electron chi connectivity index (χ1n) is 9.49. The van der Waals surface area contributed by atoms with Gasteiger partial charge in [0.1, 0.15) is 5.75 Å². The summed E-state index contributed by atoms with van der Waals surface area (Å²) in [7, 11) is 1.64. The number of nitrogens with one attached hydrogen (secondary N) is 2. The van der Waals surface area contributed by atoms with Gasteiger partial charge in [0.25, 0.3) is 5.56 Å². The van der Waals surface area contributed by atoms with Crippen molar-refractivity contribution in [3.05, 3.63) is 75.1 Å². The minimum atomic E-state index is -0.124. The van der Waals surface area contributed by atoms with Gasteiger partial charge in [-0.05, 0) is 61.4 Å². The van der Waals surface area contributed by atoms with E-state index in [2.05, 4.69) is 16.4 Å². The van der Waals surface area contributed by atoms with Crippen molar-refractivity contribution >= 4 is 16.8 Å². The molecule has 1 aromatic heterocycles. The van der Waals surface area contributed by atoms with Gasteiger partial charge in [-0.25, -0.2) is 0 Å². The van der Waals surface area contributed by atoms with Gasteiger partial charge in [-0.1, -0.05) is 29.8 Å². The zero-order valence-corrected chi connectivity index (χ0v) is 16.6. The largest absolute Gasteiger partial charge is 0.496 e. The molecule has 0 aliphatic carbocycles. The molecule has 0 saturated carbocycles. The summed E-state index contributed by atoms with van der Waals surface area (Å²) < 4.78 is 5.32. The normalized spacial score (nSPS) is 10.8. The average molecular weight is 378 g/mol. The van der Waals surface area contributed by atoms with E-state index in [4.69, 9.17) is 4.74 Å². The highest BCUT2D eigenvalue weighted by molar-refractivity contribution is 5.83. The predicted octanol–water partition coefficient (Wildman–Crippen LogP) is 3.45. The van der Waals surface area contributed by atoms with Crippen molar-refractivity contribution in [2.24, 2.45) is 0 Å². The number of benzene rings is 2. The molecule has 1 amide bonds. The summed E-state index contributed by atoms with van der Waals surface area (Å²) >= 11 is 0. The Kier molecular flexibility index (Phi) is 6.14. The molecule has 2 aromatic carbocycles. The number of fused-ring (bicyclic) bond motifs is 1. The molecule has 2 N–H and O–H groups in total. The van der Waals surface area contributed by atoms with E-state index in [1.807, 2.05) is 50.2 Å². The van der Waals surface area contributed by atoms with Gasteiger partial charge in [0, 0.05) is 18.5 Å². The first-order valence-corrected chi connectivity index (χ1v) is 9.49. The highest BCUT2D eigenvalue weighted by Crippen LogP contribution is 2.19. The number of aromatic nitrogens is 1. The zero-order chi connectivity index (χ0) is 20.1. The van der Waals surface area contributed by atoms with Crippen LogP contribution in [0.3, 0.4) is 0 Å². The summed E-state index contributed by atoms with van der Waals surface area (Å²) in [5, 5.41) is 3.92. The van der Waals surface area contributed by atoms with Crippen LogP contribution in [0.25, 0.3) is 10.9 Å². The summed E-state index contributed by atoms with van der Waals surface area (Å²) in [5.74, 6) is 0.764. The van der Waals surface area contributed by atoms with Gasteiger partial charge in [-0.2, -0.15) is 0 Å². The van der Waals surface area contributed by atoms with Gasteiger partial charge < -0.3 is 15.0 Å². The molecule has 0 aliphatic rings. The number of pyridine rings is 1. The molecule has 0 saturated heterocycles. The number of carbonyl (C=O) groups is 1. The standard InChI is InChI=1S/C23H26N2O3/c1-15-12-16(2)22-19(13-15)14-18(23(27)25-22)8-9-21(26)24-11-10-17-6-4-5-7-20(17)28-3/h4-7,12-14H,8-11H2,1-3H3,(H,24,26)(H,25,27). The smallest absolute Gasteiger partial charge is 0.251 e. The Bertz CT molecular complexity index is 1050. The van der Waals surface area contributed by atoms with Crippen molar-refractivity contribution in [2.45, 2.75) is 33.1 Å². The maximum Gasteiger partial charge on any atom is 0.251 e. The SMILES string of the molecule is COc1ccccc1CCNC(=O)CCc1cc2cc(C)cc(C)c2[nH]c1=O. The number of amides is 1.